The first-order chi connectivity index (χ1) is 10.7. The summed E-state index contributed by atoms with van der Waals surface area (Å²) in [5, 5.41) is 18.2. The summed E-state index contributed by atoms with van der Waals surface area (Å²) >= 11 is 0. The number of rotatable bonds is 12. The van der Waals surface area contributed by atoms with Crippen molar-refractivity contribution >= 4 is 6.16 Å². The molecule has 134 valence electrons. The highest BCUT2D eigenvalue weighted by Crippen LogP contribution is 2.09. The van der Waals surface area contributed by atoms with Crippen LogP contribution in [-0.4, -0.2) is 41.8 Å². The van der Waals surface area contributed by atoms with E-state index in [9.17, 15) is 25.0 Å². The molecule has 0 aromatic carbocycles. The molecule has 2 atom stereocenters. The van der Waals surface area contributed by atoms with Crippen LogP contribution in [-0.2, 0) is 19.1 Å². The van der Waals surface area contributed by atoms with Crippen LogP contribution in [0.15, 0.2) is 0 Å². The van der Waals surface area contributed by atoms with Gasteiger partial charge in [-0.3, -0.25) is 0 Å². The fourth-order valence-corrected chi connectivity index (χ4v) is 1.38. The molecular formula is C12H22N2O9. The van der Waals surface area contributed by atoms with Crippen molar-refractivity contribution in [3.8, 4) is 0 Å². The van der Waals surface area contributed by atoms with Crippen LogP contribution < -0.4 is 0 Å². The highest BCUT2D eigenvalue weighted by atomic mass is 17.0. The lowest BCUT2D eigenvalue weighted by molar-refractivity contribution is -0.790. The van der Waals surface area contributed by atoms with Crippen molar-refractivity contribution in [3.63, 3.8) is 0 Å². The van der Waals surface area contributed by atoms with E-state index >= 15 is 0 Å². The second-order valence-corrected chi connectivity index (χ2v) is 5.13. The van der Waals surface area contributed by atoms with Crippen LogP contribution in [0.4, 0.5) is 4.79 Å². The van der Waals surface area contributed by atoms with E-state index in [0.29, 0.717) is 12.8 Å². The molecule has 0 N–H and O–H groups in total. The van der Waals surface area contributed by atoms with E-state index in [1.54, 1.807) is 6.92 Å². The molecule has 0 aromatic rings. The summed E-state index contributed by atoms with van der Waals surface area (Å²) in [6.45, 7) is 5.09. The third kappa shape index (κ3) is 12.0. The molecule has 0 spiro atoms. The van der Waals surface area contributed by atoms with Gasteiger partial charge in [0.05, 0.1) is 6.61 Å². The molecule has 11 heteroatoms. The Morgan fingerprint density at radius 1 is 1.09 bits per heavy atom. The Balaban J connectivity index is 3.89. The van der Waals surface area contributed by atoms with Crippen LogP contribution >= 0.6 is 0 Å². The molecule has 0 aliphatic rings. The Hall–Kier alpha value is -2.33. The van der Waals surface area contributed by atoms with E-state index in [1.807, 2.05) is 13.8 Å². The van der Waals surface area contributed by atoms with E-state index in [0.717, 1.165) is 0 Å². The van der Waals surface area contributed by atoms with Gasteiger partial charge in [0.1, 0.15) is 18.8 Å². The van der Waals surface area contributed by atoms with E-state index < -0.39 is 29.0 Å². The van der Waals surface area contributed by atoms with Crippen molar-refractivity contribution in [2.45, 2.75) is 52.2 Å². The fraction of sp³-hybridized carbons (Fsp3) is 0.917. The fourth-order valence-electron chi connectivity index (χ4n) is 1.38. The summed E-state index contributed by atoms with van der Waals surface area (Å²) in [6, 6.07) is 0. The molecule has 23 heavy (non-hydrogen) atoms. The van der Waals surface area contributed by atoms with Gasteiger partial charge >= 0.3 is 6.16 Å². The first-order valence-electron chi connectivity index (χ1n) is 7.14. The summed E-state index contributed by atoms with van der Waals surface area (Å²) < 4.78 is 9.84. The maximum atomic E-state index is 11.3. The van der Waals surface area contributed by atoms with Crippen molar-refractivity contribution in [1.82, 2.24) is 0 Å². The van der Waals surface area contributed by atoms with Crippen molar-refractivity contribution < 1.29 is 34.1 Å². The Morgan fingerprint density at radius 3 is 2.26 bits per heavy atom. The van der Waals surface area contributed by atoms with Crippen LogP contribution in [0.2, 0.25) is 0 Å². The number of hydrogen-bond donors (Lipinski definition) is 0. The van der Waals surface area contributed by atoms with E-state index in [2.05, 4.69) is 9.68 Å². The third-order valence-corrected chi connectivity index (χ3v) is 2.96. The maximum Gasteiger partial charge on any atom is 0.508 e. The monoisotopic (exact) mass is 338 g/mol. The van der Waals surface area contributed by atoms with Crippen molar-refractivity contribution in [3.05, 3.63) is 20.2 Å². The minimum atomic E-state index is -1.05. The molecule has 11 nitrogen and oxygen atoms in total. The number of carbonyl (C=O) groups excluding carboxylic acids is 1. The first-order valence-corrected chi connectivity index (χ1v) is 7.14. The quantitative estimate of drug-likeness (QED) is 0.226. The average molecular weight is 338 g/mol. The maximum absolute atomic E-state index is 11.3. The highest BCUT2D eigenvalue weighted by Gasteiger charge is 2.16. The number of ether oxygens (including phenoxy) is 2. The van der Waals surface area contributed by atoms with Crippen LogP contribution in [0.3, 0.4) is 0 Å². The Morgan fingerprint density at radius 2 is 1.74 bits per heavy atom. The Bertz CT molecular complexity index is 389. The first kappa shape index (κ1) is 20.7. The topological polar surface area (TPSA) is 140 Å². The molecule has 0 amide bonds. The number of nitrogens with zero attached hydrogens (tertiary/aromatic N) is 2. The zero-order chi connectivity index (χ0) is 17.8. The molecule has 0 heterocycles. The summed E-state index contributed by atoms with van der Waals surface area (Å²) in [6.07, 6.45) is -1.15. The molecule has 0 aliphatic heterocycles. The van der Waals surface area contributed by atoms with Gasteiger partial charge in [0.15, 0.2) is 0 Å². The van der Waals surface area contributed by atoms with Crippen LogP contribution in [0, 0.1) is 26.1 Å². The molecule has 0 radical (unpaired) electrons. The highest BCUT2D eigenvalue weighted by molar-refractivity contribution is 5.60. The lowest BCUT2D eigenvalue weighted by Crippen LogP contribution is -2.25. The minimum Gasteiger partial charge on any atom is -0.434 e. The van der Waals surface area contributed by atoms with E-state index in [-0.39, 0.29) is 25.0 Å². The van der Waals surface area contributed by atoms with Gasteiger partial charge in [-0.25, -0.2) is 4.79 Å². The largest absolute Gasteiger partial charge is 0.508 e. The van der Waals surface area contributed by atoms with Gasteiger partial charge in [0, 0.05) is 0 Å². The molecule has 1 unspecified atom stereocenters. The lowest BCUT2D eigenvalue weighted by atomic mass is 10.1. The molecule has 0 saturated heterocycles. The summed E-state index contributed by atoms with van der Waals surface area (Å²) in [5.41, 5.74) is 0. The smallest absolute Gasteiger partial charge is 0.434 e. The Kier molecular flexibility index (Phi) is 10.1. The third-order valence-electron chi connectivity index (χ3n) is 2.96. The average Bonchev–Trinajstić information content (AvgIpc) is 2.43. The molecule has 0 aliphatic carbocycles. The van der Waals surface area contributed by atoms with Gasteiger partial charge in [-0.15, -0.1) is 20.2 Å². The zero-order valence-corrected chi connectivity index (χ0v) is 13.3. The van der Waals surface area contributed by atoms with Crippen LogP contribution in [0.25, 0.3) is 0 Å². The molecule has 0 fully saturated rings. The number of unbranched alkanes of at least 4 members (excludes halogenated alkanes) is 1. The van der Waals surface area contributed by atoms with Gasteiger partial charge in [-0.2, -0.15) is 0 Å². The van der Waals surface area contributed by atoms with Crippen molar-refractivity contribution in [2.75, 3.05) is 13.2 Å². The predicted octanol–water partition coefficient (Wildman–Crippen LogP) is 2.14. The van der Waals surface area contributed by atoms with Gasteiger partial charge in [-0.1, -0.05) is 13.8 Å². The molecule has 0 aromatic heterocycles. The molecule has 0 bridgehead atoms. The normalized spacial score (nSPS) is 13.0. The predicted molar refractivity (Wildman–Crippen MR) is 75.4 cm³/mol. The lowest BCUT2D eigenvalue weighted by Gasteiger charge is -2.16. The van der Waals surface area contributed by atoms with Crippen molar-refractivity contribution in [1.29, 1.82) is 0 Å². The summed E-state index contributed by atoms with van der Waals surface area (Å²) in [4.78, 5) is 40.0. The second-order valence-electron chi connectivity index (χ2n) is 5.13. The van der Waals surface area contributed by atoms with E-state index in [4.69, 9.17) is 9.47 Å². The van der Waals surface area contributed by atoms with Gasteiger partial charge in [0.2, 0.25) is 0 Å². The zero-order valence-electron chi connectivity index (χ0n) is 13.3. The van der Waals surface area contributed by atoms with Crippen LogP contribution in [0.5, 0.6) is 0 Å². The molecular weight excluding hydrogens is 316 g/mol. The number of hydrogen-bond acceptors (Lipinski definition) is 9. The summed E-state index contributed by atoms with van der Waals surface area (Å²) in [7, 11) is 0. The second kappa shape index (κ2) is 11.3. The van der Waals surface area contributed by atoms with Crippen LogP contribution in [0.1, 0.15) is 40.0 Å². The standard InChI is InChI=1S/C12H22N2O9/c1-9(2)10(3)22-12(15)20-7-5-4-6-11(23-14(18)19)8-21-13(16)17/h9-11H,4-8H2,1-3H3/t10?,11-/m1/s1. The van der Waals surface area contributed by atoms with Crippen molar-refractivity contribution in [2.24, 2.45) is 5.92 Å². The van der Waals surface area contributed by atoms with Gasteiger partial charge in [-0.05, 0) is 32.1 Å². The molecule has 0 rings (SSSR count). The van der Waals surface area contributed by atoms with Gasteiger partial charge < -0.3 is 19.1 Å². The van der Waals surface area contributed by atoms with Gasteiger partial charge in [0.25, 0.3) is 10.2 Å². The SMILES string of the molecule is CC(C)C(C)OC(=O)OCCCC[C@H](CO[N+](=O)[O-])O[N+](=O)[O-]. The van der Waals surface area contributed by atoms with E-state index in [1.165, 1.54) is 0 Å². The summed E-state index contributed by atoms with van der Waals surface area (Å²) in [5.74, 6) is 0.171. The number of carbonyl (C=O) groups is 1. The Labute approximate surface area is 133 Å². The minimum absolute atomic E-state index is 0.0743. The molecule has 0 saturated carbocycles.